The van der Waals surface area contributed by atoms with E-state index in [1.54, 1.807) is 0 Å². The van der Waals surface area contributed by atoms with Crippen LogP contribution in [0.4, 0.5) is 15.8 Å². The number of nitrogens with zero attached hydrogens (tertiary/aromatic N) is 1. The van der Waals surface area contributed by atoms with Crippen molar-refractivity contribution >= 4 is 23.0 Å². The van der Waals surface area contributed by atoms with Gasteiger partial charge < -0.3 is 10.5 Å². The van der Waals surface area contributed by atoms with Crippen molar-refractivity contribution in [3.63, 3.8) is 0 Å². The molecule has 0 aromatic heterocycles. The van der Waals surface area contributed by atoms with Crippen molar-refractivity contribution in [1.29, 1.82) is 0 Å². The van der Waals surface area contributed by atoms with Crippen molar-refractivity contribution in [1.82, 2.24) is 0 Å². The van der Waals surface area contributed by atoms with Gasteiger partial charge in [-0.05, 0) is 30.3 Å². The third kappa shape index (κ3) is 2.74. The van der Waals surface area contributed by atoms with E-state index >= 15 is 0 Å². The van der Waals surface area contributed by atoms with Crippen LogP contribution in [-0.2, 0) is 0 Å². The van der Waals surface area contributed by atoms with Crippen molar-refractivity contribution in [2.45, 2.75) is 0 Å². The van der Waals surface area contributed by atoms with Crippen LogP contribution in [0, 0.1) is 15.9 Å². The molecule has 2 aromatic rings. The number of halogens is 2. The summed E-state index contributed by atoms with van der Waals surface area (Å²) in [6.45, 7) is 0. The van der Waals surface area contributed by atoms with Crippen LogP contribution in [0.3, 0.4) is 0 Å². The van der Waals surface area contributed by atoms with Gasteiger partial charge in [-0.25, -0.2) is 4.39 Å². The van der Waals surface area contributed by atoms with E-state index in [9.17, 15) is 14.5 Å². The lowest BCUT2D eigenvalue weighted by atomic mass is 10.2. The molecule has 0 saturated heterocycles. The molecule has 0 amide bonds. The first kappa shape index (κ1) is 13.1. The lowest BCUT2D eigenvalue weighted by Gasteiger charge is -2.09. The molecule has 0 saturated carbocycles. The molecule has 2 rings (SSSR count). The molecule has 0 radical (unpaired) electrons. The van der Waals surface area contributed by atoms with Crippen LogP contribution in [0.15, 0.2) is 36.4 Å². The number of nitro groups is 1. The number of hydrogen-bond donors (Lipinski definition) is 1. The summed E-state index contributed by atoms with van der Waals surface area (Å²) in [6.07, 6.45) is 0. The monoisotopic (exact) mass is 282 g/mol. The van der Waals surface area contributed by atoms with Crippen LogP contribution in [0.5, 0.6) is 11.5 Å². The summed E-state index contributed by atoms with van der Waals surface area (Å²) in [4.78, 5) is 10.0. The Labute approximate surface area is 112 Å². The van der Waals surface area contributed by atoms with Crippen LogP contribution < -0.4 is 10.5 Å². The number of rotatable bonds is 3. The lowest BCUT2D eigenvalue weighted by Crippen LogP contribution is -1.97. The van der Waals surface area contributed by atoms with E-state index in [1.807, 2.05) is 0 Å². The number of nitro benzene ring substituents is 1. The molecule has 0 heterocycles. The van der Waals surface area contributed by atoms with E-state index in [0.717, 1.165) is 0 Å². The SMILES string of the molecule is Nc1c([N+](=O)[O-])ccc(Oc2ccc(F)cc2)c1Cl. The quantitative estimate of drug-likeness (QED) is 0.528. The summed E-state index contributed by atoms with van der Waals surface area (Å²) < 4.78 is 18.1. The zero-order valence-electron chi connectivity index (χ0n) is 9.47. The molecule has 0 aliphatic heterocycles. The van der Waals surface area contributed by atoms with Crippen molar-refractivity contribution in [2.75, 3.05) is 5.73 Å². The smallest absolute Gasteiger partial charge is 0.293 e. The second-order valence-electron chi connectivity index (χ2n) is 3.62. The average Bonchev–Trinajstić information content (AvgIpc) is 2.37. The standard InChI is InChI=1S/C12H8ClFN2O3/c13-11-10(6-5-9(12(11)15)16(17)18)19-8-3-1-7(14)2-4-8/h1-6H,15H2. The van der Waals surface area contributed by atoms with Gasteiger partial charge in [0.1, 0.15) is 28.0 Å². The number of ether oxygens (including phenoxy) is 1. The number of hydrogen-bond acceptors (Lipinski definition) is 4. The Morgan fingerprint density at radius 2 is 1.84 bits per heavy atom. The predicted octanol–water partition coefficient (Wildman–Crippen LogP) is 3.76. The molecular weight excluding hydrogens is 275 g/mol. The van der Waals surface area contributed by atoms with E-state index in [1.165, 1.54) is 36.4 Å². The minimum absolute atomic E-state index is 0.0569. The fraction of sp³-hybridized carbons (Fsp3) is 0. The predicted molar refractivity (Wildman–Crippen MR) is 69.0 cm³/mol. The topological polar surface area (TPSA) is 78.4 Å². The zero-order chi connectivity index (χ0) is 14.0. The number of benzene rings is 2. The van der Waals surface area contributed by atoms with E-state index in [2.05, 4.69) is 0 Å². The summed E-state index contributed by atoms with van der Waals surface area (Å²) >= 11 is 5.90. The van der Waals surface area contributed by atoms with Crippen LogP contribution in [0.25, 0.3) is 0 Å². The van der Waals surface area contributed by atoms with Gasteiger partial charge in [-0.3, -0.25) is 10.1 Å². The second-order valence-corrected chi connectivity index (χ2v) is 4.00. The molecule has 2 aromatic carbocycles. The maximum atomic E-state index is 12.7. The third-order valence-electron chi connectivity index (χ3n) is 2.36. The van der Waals surface area contributed by atoms with Crippen molar-refractivity contribution in [3.8, 4) is 11.5 Å². The van der Waals surface area contributed by atoms with Crippen LogP contribution in [0.1, 0.15) is 0 Å². The van der Waals surface area contributed by atoms with Crippen LogP contribution in [0.2, 0.25) is 5.02 Å². The third-order valence-corrected chi connectivity index (χ3v) is 2.75. The first-order valence-corrected chi connectivity index (χ1v) is 5.52. The van der Waals surface area contributed by atoms with E-state index in [0.29, 0.717) is 5.75 Å². The molecule has 7 heteroatoms. The van der Waals surface area contributed by atoms with Crippen LogP contribution in [-0.4, -0.2) is 4.92 Å². The van der Waals surface area contributed by atoms with Gasteiger partial charge >= 0.3 is 0 Å². The molecule has 0 bridgehead atoms. The fourth-order valence-electron chi connectivity index (χ4n) is 1.43. The first-order chi connectivity index (χ1) is 8.99. The molecule has 0 spiro atoms. The Morgan fingerprint density at radius 1 is 1.21 bits per heavy atom. The molecule has 5 nitrogen and oxygen atoms in total. The molecule has 0 unspecified atom stereocenters. The minimum Gasteiger partial charge on any atom is -0.456 e. The summed E-state index contributed by atoms with van der Waals surface area (Å²) in [5.41, 5.74) is 5.08. The molecule has 19 heavy (non-hydrogen) atoms. The molecule has 98 valence electrons. The summed E-state index contributed by atoms with van der Waals surface area (Å²) in [6, 6.07) is 7.78. The van der Waals surface area contributed by atoms with E-state index < -0.39 is 10.7 Å². The number of nitrogen functional groups attached to an aromatic ring is 1. The van der Waals surface area contributed by atoms with Gasteiger partial charge in [-0.1, -0.05) is 11.6 Å². The van der Waals surface area contributed by atoms with Crippen molar-refractivity contribution in [3.05, 3.63) is 57.4 Å². The average molecular weight is 283 g/mol. The molecule has 0 fully saturated rings. The highest BCUT2D eigenvalue weighted by atomic mass is 35.5. The highest BCUT2D eigenvalue weighted by Gasteiger charge is 2.18. The van der Waals surface area contributed by atoms with Gasteiger partial charge in [0.25, 0.3) is 5.69 Å². The van der Waals surface area contributed by atoms with Gasteiger partial charge in [0.05, 0.1) is 4.92 Å². The molecule has 0 aliphatic carbocycles. The molecule has 2 N–H and O–H groups in total. The zero-order valence-corrected chi connectivity index (χ0v) is 10.2. The maximum absolute atomic E-state index is 12.7. The highest BCUT2D eigenvalue weighted by Crippen LogP contribution is 2.38. The van der Waals surface area contributed by atoms with Gasteiger partial charge in [-0.2, -0.15) is 0 Å². The van der Waals surface area contributed by atoms with Crippen molar-refractivity contribution < 1.29 is 14.1 Å². The molecule has 0 atom stereocenters. The highest BCUT2D eigenvalue weighted by molar-refractivity contribution is 6.35. The number of nitrogens with two attached hydrogens (primary N) is 1. The Kier molecular flexibility index (Phi) is 3.52. The van der Waals surface area contributed by atoms with Gasteiger partial charge in [-0.15, -0.1) is 0 Å². The largest absolute Gasteiger partial charge is 0.456 e. The van der Waals surface area contributed by atoms with Crippen LogP contribution >= 0.6 is 11.6 Å². The summed E-state index contributed by atoms with van der Waals surface area (Å²) in [7, 11) is 0. The molecule has 0 aliphatic rings. The van der Waals surface area contributed by atoms with Gasteiger partial charge in [0.2, 0.25) is 0 Å². The normalized spacial score (nSPS) is 10.2. The van der Waals surface area contributed by atoms with Gasteiger partial charge in [0, 0.05) is 6.07 Å². The Balaban J connectivity index is 2.34. The number of anilines is 1. The summed E-state index contributed by atoms with van der Waals surface area (Å²) in [5, 5.41) is 10.6. The fourth-order valence-corrected chi connectivity index (χ4v) is 1.63. The Bertz CT molecular complexity index is 632. The minimum atomic E-state index is -0.636. The lowest BCUT2D eigenvalue weighted by molar-refractivity contribution is -0.383. The Hall–Kier alpha value is -2.34. The maximum Gasteiger partial charge on any atom is 0.293 e. The summed E-state index contributed by atoms with van der Waals surface area (Å²) in [5.74, 6) is 0.106. The van der Waals surface area contributed by atoms with Gasteiger partial charge in [0.15, 0.2) is 0 Å². The second kappa shape index (κ2) is 5.11. The Morgan fingerprint density at radius 3 is 2.42 bits per heavy atom. The van der Waals surface area contributed by atoms with Crippen molar-refractivity contribution in [2.24, 2.45) is 0 Å². The van der Waals surface area contributed by atoms with E-state index in [-0.39, 0.29) is 22.1 Å². The first-order valence-electron chi connectivity index (χ1n) is 5.15. The molecular formula is C12H8ClFN2O3. The van der Waals surface area contributed by atoms with E-state index in [4.69, 9.17) is 22.1 Å².